The van der Waals surface area contributed by atoms with E-state index in [1.165, 1.54) is 6.33 Å². The molecule has 8 nitrogen and oxygen atoms in total. The third-order valence-electron chi connectivity index (χ3n) is 4.20. The number of aryl methyl sites for hydroxylation is 1. The van der Waals surface area contributed by atoms with Crippen molar-refractivity contribution in [3.05, 3.63) is 54.4 Å². The summed E-state index contributed by atoms with van der Waals surface area (Å²) in [4.78, 5) is 25.2. The number of nitrogen functional groups attached to an aromatic ring is 1. The zero-order valence-electron chi connectivity index (χ0n) is 15.6. The number of aromatic nitrogens is 5. The number of nitrogens with two attached hydrogens (primary N) is 1. The molecule has 1 atom stereocenters. The predicted molar refractivity (Wildman–Crippen MR) is 103 cm³/mol. The molecule has 0 unspecified atom stereocenters. The number of carbonyl (C=O) groups excluding carboxylic acids is 1. The van der Waals surface area contributed by atoms with Gasteiger partial charge in [0.2, 0.25) is 5.95 Å². The highest BCUT2D eigenvalue weighted by Crippen LogP contribution is 2.22. The van der Waals surface area contributed by atoms with Crippen LogP contribution in [0.4, 0.5) is 5.95 Å². The zero-order valence-corrected chi connectivity index (χ0v) is 15.6. The Bertz CT molecular complexity index is 918. The van der Waals surface area contributed by atoms with Gasteiger partial charge in [0, 0.05) is 30.6 Å². The minimum Gasteiger partial charge on any atom is -0.368 e. The number of hydrogen-bond donors (Lipinski definition) is 2. The average molecular weight is 365 g/mol. The lowest BCUT2D eigenvalue weighted by atomic mass is 10.0. The molecule has 27 heavy (non-hydrogen) atoms. The van der Waals surface area contributed by atoms with Crippen molar-refractivity contribution in [1.82, 2.24) is 30.0 Å². The van der Waals surface area contributed by atoms with Crippen LogP contribution in [0.5, 0.6) is 0 Å². The number of amides is 1. The highest BCUT2D eigenvalue weighted by molar-refractivity contribution is 5.95. The van der Waals surface area contributed by atoms with Gasteiger partial charge in [0.1, 0.15) is 12.2 Å². The van der Waals surface area contributed by atoms with E-state index in [0.717, 1.165) is 23.4 Å². The van der Waals surface area contributed by atoms with E-state index < -0.39 is 0 Å². The normalized spacial score (nSPS) is 12.1. The first-order chi connectivity index (χ1) is 12.9. The SMILES string of the molecule is CC(C)C[C@@H](NC(=O)c1cccc(-c2cnc(N)nc2)c1)c1ncnn1C. The number of benzene rings is 1. The molecule has 1 amide bonds. The first-order valence-electron chi connectivity index (χ1n) is 8.76. The Hall–Kier alpha value is -3.29. The highest BCUT2D eigenvalue weighted by atomic mass is 16.1. The van der Waals surface area contributed by atoms with Crippen molar-refractivity contribution in [2.24, 2.45) is 13.0 Å². The molecule has 0 saturated heterocycles. The van der Waals surface area contributed by atoms with E-state index in [4.69, 9.17) is 5.73 Å². The van der Waals surface area contributed by atoms with Gasteiger partial charge in [-0.15, -0.1) is 0 Å². The van der Waals surface area contributed by atoms with Crippen LogP contribution in [-0.2, 0) is 7.05 Å². The van der Waals surface area contributed by atoms with E-state index in [0.29, 0.717) is 11.5 Å². The molecule has 3 rings (SSSR count). The molecular weight excluding hydrogens is 342 g/mol. The molecule has 3 N–H and O–H groups in total. The summed E-state index contributed by atoms with van der Waals surface area (Å²) in [6.07, 6.45) is 5.54. The smallest absolute Gasteiger partial charge is 0.251 e. The Morgan fingerprint density at radius 2 is 1.93 bits per heavy atom. The lowest BCUT2D eigenvalue weighted by molar-refractivity contribution is 0.0929. The summed E-state index contributed by atoms with van der Waals surface area (Å²) in [7, 11) is 1.82. The van der Waals surface area contributed by atoms with Crippen LogP contribution in [0, 0.1) is 5.92 Å². The number of nitrogens with zero attached hydrogens (tertiary/aromatic N) is 5. The molecule has 0 radical (unpaired) electrons. The van der Waals surface area contributed by atoms with Crippen LogP contribution in [0.3, 0.4) is 0 Å². The van der Waals surface area contributed by atoms with E-state index >= 15 is 0 Å². The minimum atomic E-state index is -0.214. The Kier molecular flexibility index (Phi) is 5.44. The lowest BCUT2D eigenvalue weighted by Crippen LogP contribution is -2.31. The molecule has 0 saturated carbocycles. The van der Waals surface area contributed by atoms with E-state index in [9.17, 15) is 4.79 Å². The molecule has 140 valence electrons. The Balaban J connectivity index is 1.83. The molecule has 1 aromatic carbocycles. The molecule has 2 heterocycles. The zero-order chi connectivity index (χ0) is 19.4. The average Bonchev–Trinajstić information content (AvgIpc) is 3.07. The van der Waals surface area contributed by atoms with Gasteiger partial charge in [-0.05, 0) is 30.0 Å². The molecule has 3 aromatic rings. The number of rotatable bonds is 6. The van der Waals surface area contributed by atoms with Crippen LogP contribution in [-0.4, -0.2) is 30.6 Å². The first-order valence-corrected chi connectivity index (χ1v) is 8.76. The van der Waals surface area contributed by atoms with Gasteiger partial charge in [0.15, 0.2) is 0 Å². The van der Waals surface area contributed by atoms with E-state index in [1.807, 2.05) is 25.2 Å². The second-order valence-corrected chi connectivity index (χ2v) is 6.81. The third-order valence-corrected chi connectivity index (χ3v) is 4.20. The first kappa shape index (κ1) is 18.5. The summed E-state index contributed by atoms with van der Waals surface area (Å²) in [6, 6.07) is 7.11. The maximum absolute atomic E-state index is 12.9. The summed E-state index contributed by atoms with van der Waals surface area (Å²) < 4.78 is 1.69. The van der Waals surface area contributed by atoms with E-state index in [-0.39, 0.29) is 17.9 Å². The molecule has 0 spiro atoms. The van der Waals surface area contributed by atoms with Crippen molar-refractivity contribution >= 4 is 11.9 Å². The number of hydrogen-bond acceptors (Lipinski definition) is 6. The van der Waals surface area contributed by atoms with Gasteiger partial charge in [-0.3, -0.25) is 9.48 Å². The highest BCUT2D eigenvalue weighted by Gasteiger charge is 2.21. The molecule has 2 aromatic heterocycles. The molecule has 0 aliphatic rings. The summed E-state index contributed by atoms with van der Waals surface area (Å²) >= 11 is 0. The van der Waals surface area contributed by atoms with Crippen molar-refractivity contribution in [3.8, 4) is 11.1 Å². The molecule has 0 aliphatic carbocycles. The molecule has 0 bridgehead atoms. The second kappa shape index (κ2) is 7.94. The minimum absolute atomic E-state index is 0.165. The van der Waals surface area contributed by atoms with Crippen LogP contribution < -0.4 is 11.1 Å². The Morgan fingerprint density at radius 3 is 2.56 bits per heavy atom. The number of carbonyl (C=O) groups is 1. The van der Waals surface area contributed by atoms with E-state index in [1.54, 1.807) is 23.1 Å². The predicted octanol–water partition coefficient (Wildman–Crippen LogP) is 2.37. The third kappa shape index (κ3) is 4.46. The topological polar surface area (TPSA) is 112 Å². The Labute approximate surface area is 157 Å². The fraction of sp³-hybridized carbons (Fsp3) is 0.316. The fourth-order valence-electron chi connectivity index (χ4n) is 2.89. The Morgan fingerprint density at radius 1 is 1.19 bits per heavy atom. The molecular formula is C19H23N7O. The van der Waals surface area contributed by atoms with Crippen molar-refractivity contribution < 1.29 is 4.79 Å². The number of anilines is 1. The van der Waals surface area contributed by atoms with Gasteiger partial charge in [0.05, 0.1) is 6.04 Å². The second-order valence-electron chi connectivity index (χ2n) is 6.81. The summed E-state index contributed by atoms with van der Waals surface area (Å²) in [5.41, 5.74) is 7.74. The molecule has 0 fully saturated rings. The monoisotopic (exact) mass is 365 g/mol. The van der Waals surface area contributed by atoms with Crippen molar-refractivity contribution in [1.29, 1.82) is 0 Å². The number of nitrogens with one attached hydrogen (secondary N) is 1. The maximum Gasteiger partial charge on any atom is 0.251 e. The van der Waals surface area contributed by atoms with Crippen molar-refractivity contribution in [2.45, 2.75) is 26.3 Å². The van der Waals surface area contributed by atoms with Crippen LogP contribution >= 0.6 is 0 Å². The lowest BCUT2D eigenvalue weighted by Gasteiger charge is -2.20. The van der Waals surface area contributed by atoms with Crippen LogP contribution in [0.1, 0.15) is 42.5 Å². The van der Waals surface area contributed by atoms with Crippen molar-refractivity contribution in [3.63, 3.8) is 0 Å². The van der Waals surface area contributed by atoms with Crippen LogP contribution in [0.2, 0.25) is 0 Å². The van der Waals surface area contributed by atoms with Crippen molar-refractivity contribution in [2.75, 3.05) is 5.73 Å². The molecule has 8 heteroatoms. The van der Waals surface area contributed by atoms with E-state index in [2.05, 4.69) is 39.2 Å². The fourth-order valence-corrected chi connectivity index (χ4v) is 2.89. The van der Waals surface area contributed by atoms with Gasteiger partial charge in [-0.2, -0.15) is 5.10 Å². The van der Waals surface area contributed by atoms with Gasteiger partial charge < -0.3 is 11.1 Å². The summed E-state index contributed by atoms with van der Waals surface area (Å²) in [5.74, 6) is 1.18. The quantitative estimate of drug-likeness (QED) is 0.694. The van der Waals surface area contributed by atoms with Crippen LogP contribution in [0.15, 0.2) is 43.0 Å². The standard InChI is InChI=1S/C19H23N7O/c1-12(2)7-16(17-23-11-24-26(17)3)25-18(27)14-6-4-5-13(8-14)15-9-21-19(20)22-10-15/h4-6,8-12,16H,7H2,1-3H3,(H,25,27)(H2,20,21,22)/t16-/m1/s1. The van der Waals surface area contributed by atoms with Gasteiger partial charge in [0.25, 0.3) is 5.91 Å². The van der Waals surface area contributed by atoms with Gasteiger partial charge in [-0.1, -0.05) is 26.0 Å². The van der Waals surface area contributed by atoms with Gasteiger partial charge in [-0.25, -0.2) is 15.0 Å². The largest absolute Gasteiger partial charge is 0.368 e. The summed E-state index contributed by atoms with van der Waals surface area (Å²) in [6.45, 7) is 4.22. The van der Waals surface area contributed by atoms with Crippen LogP contribution in [0.25, 0.3) is 11.1 Å². The summed E-state index contributed by atoms with van der Waals surface area (Å²) in [5, 5.41) is 7.20. The maximum atomic E-state index is 12.9. The molecule has 0 aliphatic heterocycles. The van der Waals surface area contributed by atoms with Gasteiger partial charge >= 0.3 is 0 Å².